The molecule has 0 saturated carbocycles. The number of nitrogens with one attached hydrogen (secondary N) is 1. The molecule has 1 heterocycles. The standard InChI is InChI=1S/C25H27NO8/c1-5-32-22(28)13-20-19-11-15(16-9-17(30-3)12-18(10-16)31-4)7-8-21(19)34-24(26-14-27)23(20)25(29)33-6-2/h7-12,14,20H,5-6,13H2,1-4H3,(H,26,27). The molecular weight excluding hydrogens is 442 g/mol. The summed E-state index contributed by atoms with van der Waals surface area (Å²) in [5.41, 5.74) is 2.19. The predicted octanol–water partition coefficient (Wildman–Crippen LogP) is 3.32. The third kappa shape index (κ3) is 5.31. The van der Waals surface area contributed by atoms with Gasteiger partial charge in [-0.1, -0.05) is 6.07 Å². The van der Waals surface area contributed by atoms with Crippen LogP contribution in [0.2, 0.25) is 0 Å². The average molecular weight is 469 g/mol. The number of amides is 1. The van der Waals surface area contributed by atoms with Crippen LogP contribution in [0.4, 0.5) is 0 Å². The molecule has 1 N–H and O–H groups in total. The summed E-state index contributed by atoms with van der Waals surface area (Å²) in [5.74, 6) is -0.429. The number of hydrogen-bond donors (Lipinski definition) is 1. The van der Waals surface area contributed by atoms with Crippen LogP contribution in [0, 0.1) is 0 Å². The highest BCUT2D eigenvalue weighted by Gasteiger charge is 2.37. The second-order valence-electron chi connectivity index (χ2n) is 7.24. The van der Waals surface area contributed by atoms with E-state index < -0.39 is 17.9 Å². The van der Waals surface area contributed by atoms with Gasteiger partial charge in [0.1, 0.15) is 22.8 Å². The van der Waals surface area contributed by atoms with Crippen LogP contribution in [-0.2, 0) is 23.9 Å². The van der Waals surface area contributed by atoms with Crippen molar-refractivity contribution in [2.75, 3.05) is 27.4 Å². The minimum absolute atomic E-state index is 0.0369. The Kier molecular flexibility index (Phi) is 8.13. The second kappa shape index (κ2) is 11.2. The van der Waals surface area contributed by atoms with Gasteiger partial charge in [0.2, 0.25) is 12.3 Å². The summed E-state index contributed by atoms with van der Waals surface area (Å²) in [6.07, 6.45) is 0.255. The molecule has 9 nitrogen and oxygen atoms in total. The van der Waals surface area contributed by atoms with Gasteiger partial charge < -0.3 is 23.7 Å². The molecule has 0 radical (unpaired) electrons. The van der Waals surface area contributed by atoms with Crippen LogP contribution in [0.5, 0.6) is 17.2 Å². The monoisotopic (exact) mass is 469 g/mol. The lowest BCUT2D eigenvalue weighted by Crippen LogP contribution is -2.31. The number of ether oxygens (including phenoxy) is 5. The molecule has 0 spiro atoms. The Morgan fingerprint density at radius 2 is 1.65 bits per heavy atom. The van der Waals surface area contributed by atoms with Crippen LogP contribution in [0.1, 0.15) is 31.7 Å². The number of benzene rings is 2. The smallest absolute Gasteiger partial charge is 0.340 e. The van der Waals surface area contributed by atoms with Crippen molar-refractivity contribution >= 4 is 18.3 Å². The first-order chi connectivity index (χ1) is 16.4. The van der Waals surface area contributed by atoms with Crippen molar-refractivity contribution in [1.82, 2.24) is 5.32 Å². The zero-order valence-electron chi connectivity index (χ0n) is 19.5. The minimum Gasteiger partial charge on any atom is -0.497 e. The Balaban J connectivity index is 2.16. The number of rotatable bonds is 10. The minimum atomic E-state index is -0.767. The van der Waals surface area contributed by atoms with Crippen LogP contribution >= 0.6 is 0 Å². The zero-order chi connectivity index (χ0) is 24.7. The van der Waals surface area contributed by atoms with E-state index in [0.717, 1.165) is 11.1 Å². The van der Waals surface area contributed by atoms with Gasteiger partial charge in [-0.15, -0.1) is 0 Å². The maximum absolute atomic E-state index is 12.9. The topological polar surface area (TPSA) is 109 Å². The van der Waals surface area contributed by atoms with Crippen molar-refractivity contribution in [1.29, 1.82) is 0 Å². The van der Waals surface area contributed by atoms with Crippen LogP contribution in [-0.4, -0.2) is 45.8 Å². The van der Waals surface area contributed by atoms with Gasteiger partial charge in [-0.2, -0.15) is 0 Å². The van der Waals surface area contributed by atoms with Gasteiger partial charge >= 0.3 is 11.9 Å². The Hall–Kier alpha value is -4.01. The number of hydrogen-bond acceptors (Lipinski definition) is 8. The average Bonchev–Trinajstić information content (AvgIpc) is 2.84. The molecule has 0 aliphatic carbocycles. The Morgan fingerprint density at radius 1 is 0.971 bits per heavy atom. The Morgan fingerprint density at radius 3 is 2.24 bits per heavy atom. The van der Waals surface area contributed by atoms with E-state index in [1.807, 2.05) is 24.3 Å². The van der Waals surface area contributed by atoms with Gasteiger partial charge in [0.05, 0.1) is 33.9 Å². The van der Waals surface area contributed by atoms with E-state index in [4.69, 9.17) is 23.7 Å². The molecule has 0 fully saturated rings. The van der Waals surface area contributed by atoms with E-state index in [1.165, 1.54) is 0 Å². The van der Waals surface area contributed by atoms with Crippen LogP contribution < -0.4 is 19.5 Å². The summed E-state index contributed by atoms with van der Waals surface area (Å²) in [6.45, 7) is 3.67. The van der Waals surface area contributed by atoms with Crippen molar-refractivity contribution in [3.63, 3.8) is 0 Å². The summed E-state index contributed by atoms with van der Waals surface area (Å²) in [6, 6.07) is 10.8. The van der Waals surface area contributed by atoms with Gasteiger partial charge in [-0.25, -0.2) is 4.79 Å². The quantitative estimate of drug-likeness (QED) is 0.417. The summed E-state index contributed by atoms with van der Waals surface area (Å²) >= 11 is 0. The molecule has 1 atom stereocenters. The molecule has 0 aromatic heterocycles. The maximum atomic E-state index is 12.9. The predicted molar refractivity (Wildman–Crippen MR) is 122 cm³/mol. The van der Waals surface area contributed by atoms with E-state index in [0.29, 0.717) is 29.2 Å². The highest BCUT2D eigenvalue weighted by atomic mass is 16.5. The fourth-order valence-electron chi connectivity index (χ4n) is 3.75. The molecule has 34 heavy (non-hydrogen) atoms. The number of carbonyl (C=O) groups excluding carboxylic acids is 3. The SMILES string of the molecule is CCOC(=O)CC1C(C(=O)OCC)=C(NC=O)Oc2ccc(-c3cc(OC)cc(OC)c3)cc21. The van der Waals surface area contributed by atoms with Gasteiger partial charge in [-0.05, 0) is 49.2 Å². The first-order valence-corrected chi connectivity index (χ1v) is 10.8. The lowest BCUT2D eigenvalue weighted by atomic mass is 9.84. The normalized spacial score (nSPS) is 14.4. The molecule has 1 aliphatic heterocycles. The van der Waals surface area contributed by atoms with Gasteiger partial charge in [0.25, 0.3) is 0 Å². The third-order valence-electron chi connectivity index (χ3n) is 5.24. The molecule has 0 saturated heterocycles. The van der Waals surface area contributed by atoms with Crippen molar-refractivity contribution < 1.29 is 38.1 Å². The van der Waals surface area contributed by atoms with E-state index >= 15 is 0 Å². The van der Waals surface area contributed by atoms with E-state index in [2.05, 4.69) is 5.32 Å². The van der Waals surface area contributed by atoms with Gasteiger partial charge in [-0.3, -0.25) is 14.9 Å². The summed E-state index contributed by atoms with van der Waals surface area (Å²) in [7, 11) is 3.12. The number of carbonyl (C=O) groups is 3. The number of fused-ring (bicyclic) bond motifs is 1. The highest BCUT2D eigenvalue weighted by molar-refractivity contribution is 5.93. The second-order valence-corrected chi connectivity index (χ2v) is 7.24. The molecular formula is C25H27NO8. The fourth-order valence-corrected chi connectivity index (χ4v) is 3.75. The molecule has 9 heteroatoms. The molecule has 1 aliphatic rings. The lowest BCUT2D eigenvalue weighted by molar-refractivity contribution is -0.143. The largest absolute Gasteiger partial charge is 0.497 e. The molecule has 1 amide bonds. The first-order valence-electron chi connectivity index (χ1n) is 10.8. The third-order valence-corrected chi connectivity index (χ3v) is 5.24. The van der Waals surface area contributed by atoms with E-state index in [9.17, 15) is 14.4 Å². The fraction of sp³-hybridized carbons (Fsp3) is 0.320. The molecule has 180 valence electrons. The van der Waals surface area contributed by atoms with Gasteiger partial charge in [0, 0.05) is 17.5 Å². The summed E-state index contributed by atoms with van der Waals surface area (Å²) in [5, 5.41) is 2.42. The highest BCUT2D eigenvalue weighted by Crippen LogP contribution is 2.43. The molecule has 1 unspecified atom stereocenters. The first kappa shape index (κ1) is 24.6. The zero-order valence-corrected chi connectivity index (χ0v) is 19.5. The van der Waals surface area contributed by atoms with Crippen molar-refractivity contribution in [2.24, 2.45) is 0 Å². The Labute approximate surface area is 197 Å². The molecule has 3 rings (SSSR count). The van der Waals surface area contributed by atoms with Crippen LogP contribution in [0.3, 0.4) is 0 Å². The molecule has 2 aromatic rings. The van der Waals surface area contributed by atoms with Crippen molar-refractivity contribution in [3.05, 3.63) is 53.4 Å². The Bertz CT molecular complexity index is 1090. The van der Waals surface area contributed by atoms with E-state index in [-0.39, 0.29) is 31.1 Å². The number of methoxy groups -OCH3 is 2. The van der Waals surface area contributed by atoms with Crippen LogP contribution in [0.25, 0.3) is 11.1 Å². The summed E-state index contributed by atoms with van der Waals surface area (Å²) in [4.78, 5) is 36.5. The van der Waals surface area contributed by atoms with E-state index in [1.54, 1.807) is 40.2 Å². The molecule has 2 aromatic carbocycles. The maximum Gasteiger partial charge on any atom is 0.340 e. The summed E-state index contributed by atoms with van der Waals surface area (Å²) < 4.78 is 26.9. The van der Waals surface area contributed by atoms with Crippen molar-refractivity contribution in [3.8, 4) is 28.4 Å². The lowest BCUT2D eigenvalue weighted by Gasteiger charge is -2.29. The van der Waals surface area contributed by atoms with Crippen LogP contribution in [0.15, 0.2) is 47.9 Å². The number of esters is 2. The molecule has 0 bridgehead atoms. The van der Waals surface area contributed by atoms with Gasteiger partial charge in [0.15, 0.2) is 0 Å². The van der Waals surface area contributed by atoms with Crippen molar-refractivity contribution in [2.45, 2.75) is 26.2 Å².